The van der Waals surface area contributed by atoms with Crippen molar-refractivity contribution in [2.24, 2.45) is 22.7 Å². The molecule has 2 bridgehead atoms. The van der Waals surface area contributed by atoms with Crippen LogP contribution in [-0.4, -0.2) is 11.1 Å². The molecular weight excluding hydrogens is 164 g/mol. The van der Waals surface area contributed by atoms with Crippen molar-refractivity contribution in [2.45, 2.75) is 40.0 Å². The maximum absolute atomic E-state index is 11.2. The molecule has 0 aromatic rings. The molecule has 0 saturated heterocycles. The van der Waals surface area contributed by atoms with Crippen molar-refractivity contribution in [1.29, 1.82) is 0 Å². The summed E-state index contributed by atoms with van der Waals surface area (Å²) in [6, 6.07) is 0. The van der Waals surface area contributed by atoms with E-state index in [9.17, 15) is 9.90 Å². The van der Waals surface area contributed by atoms with Crippen molar-refractivity contribution in [1.82, 2.24) is 0 Å². The number of carboxylic acid groups (broad SMARTS) is 1. The minimum atomic E-state index is -0.588. The van der Waals surface area contributed by atoms with Gasteiger partial charge in [0, 0.05) is 0 Å². The van der Waals surface area contributed by atoms with Crippen LogP contribution in [0.4, 0.5) is 0 Å². The predicted octanol–water partition coefficient (Wildman–Crippen LogP) is 2.53. The Morgan fingerprint density at radius 1 is 1.38 bits per heavy atom. The molecular formula is C11H18O2. The van der Waals surface area contributed by atoms with Gasteiger partial charge in [-0.1, -0.05) is 20.8 Å². The number of carboxylic acids is 1. The van der Waals surface area contributed by atoms with E-state index >= 15 is 0 Å². The van der Waals surface area contributed by atoms with E-state index in [1.54, 1.807) is 0 Å². The molecule has 13 heavy (non-hydrogen) atoms. The maximum Gasteiger partial charge on any atom is 0.307 e. The first-order valence-electron chi connectivity index (χ1n) is 5.11. The second-order valence-corrected chi connectivity index (χ2v) is 5.69. The van der Waals surface area contributed by atoms with Gasteiger partial charge in [0.2, 0.25) is 0 Å². The third-order valence-corrected chi connectivity index (χ3v) is 4.52. The topological polar surface area (TPSA) is 37.3 Å². The van der Waals surface area contributed by atoms with E-state index < -0.39 is 5.97 Å². The molecule has 2 fully saturated rings. The molecule has 3 atom stereocenters. The molecule has 0 aromatic carbocycles. The highest BCUT2D eigenvalue weighted by Gasteiger charge is 2.62. The number of hydrogen-bond acceptors (Lipinski definition) is 1. The molecule has 74 valence electrons. The van der Waals surface area contributed by atoms with Crippen molar-refractivity contribution in [3.05, 3.63) is 0 Å². The van der Waals surface area contributed by atoms with E-state index in [4.69, 9.17) is 0 Å². The van der Waals surface area contributed by atoms with Crippen molar-refractivity contribution < 1.29 is 9.90 Å². The zero-order chi connectivity index (χ0) is 9.85. The van der Waals surface area contributed by atoms with Crippen molar-refractivity contribution in [3.63, 3.8) is 0 Å². The molecule has 0 unspecified atom stereocenters. The number of carbonyl (C=O) groups is 1. The number of aliphatic carboxylic acids is 1. The Morgan fingerprint density at radius 3 is 2.31 bits per heavy atom. The van der Waals surface area contributed by atoms with Gasteiger partial charge in [0.25, 0.3) is 0 Å². The van der Waals surface area contributed by atoms with Crippen molar-refractivity contribution in [2.75, 3.05) is 0 Å². The molecule has 2 heteroatoms. The van der Waals surface area contributed by atoms with Crippen LogP contribution in [0, 0.1) is 22.7 Å². The SMILES string of the molecule is CC1(C)[C@H]2CC[C@](C)(C2)[C@H]1C(=O)O. The normalized spacial score (nSPS) is 46.7. The van der Waals surface area contributed by atoms with E-state index in [1.165, 1.54) is 6.42 Å². The third kappa shape index (κ3) is 0.976. The summed E-state index contributed by atoms with van der Waals surface area (Å²) in [6.07, 6.45) is 3.46. The average molecular weight is 182 g/mol. The summed E-state index contributed by atoms with van der Waals surface area (Å²) in [6.45, 7) is 6.41. The first-order valence-corrected chi connectivity index (χ1v) is 5.11. The van der Waals surface area contributed by atoms with Gasteiger partial charge < -0.3 is 5.11 Å². The number of hydrogen-bond donors (Lipinski definition) is 1. The molecule has 2 rings (SSSR count). The van der Waals surface area contributed by atoms with Crippen LogP contribution in [0.3, 0.4) is 0 Å². The Balaban J connectivity index is 2.39. The Labute approximate surface area is 79.3 Å². The van der Waals surface area contributed by atoms with Crippen LogP contribution >= 0.6 is 0 Å². The largest absolute Gasteiger partial charge is 0.481 e. The molecule has 0 heterocycles. The van der Waals surface area contributed by atoms with E-state index in [2.05, 4.69) is 20.8 Å². The van der Waals surface area contributed by atoms with Crippen LogP contribution in [0.15, 0.2) is 0 Å². The lowest BCUT2D eigenvalue weighted by atomic mass is 9.64. The summed E-state index contributed by atoms with van der Waals surface area (Å²) in [5, 5.41) is 9.24. The Morgan fingerprint density at radius 2 is 2.00 bits per heavy atom. The van der Waals surface area contributed by atoms with E-state index in [-0.39, 0.29) is 16.7 Å². The standard InChI is InChI=1S/C11H18O2/c1-10(2)7-4-5-11(3,6-7)8(10)9(12)13/h7-8H,4-6H2,1-3H3,(H,12,13)/t7-,8-,11+/m0/s1. The molecule has 2 aliphatic rings. The second kappa shape index (κ2) is 2.28. The molecule has 1 N–H and O–H groups in total. The summed E-state index contributed by atoms with van der Waals surface area (Å²) in [5.74, 6) is -0.0768. The third-order valence-electron chi connectivity index (χ3n) is 4.52. The lowest BCUT2D eigenvalue weighted by molar-refractivity contribution is -0.151. The lowest BCUT2D eigenvalue weighted by Crippen LogP contribution is -2.40. The minimum absolute atomic E-state index is 0.0127. The zero-order valence-corrected chi connectivity index (χ0v) is 8.63. The van der Waals surface area contributed by atoms with Gasteiger partial charge in [-0.15, -0.1) is 0 Å². The van der Waals surface area contributed by atoms with Crippen LogP contribution < -0.4 is 0 Å². The summed E-state index contributed by atoms with van der Waals surface area (Å²) in [7, 11) is 0. The van der Waals surface area contributed by atoms with E-state index in [1.807, 2.05) is 0 Å². The van der Waals surface area contributed by atoms with Crippen LogP contribution in [0.2, 0.25) is 0 Å². The second-order valence-electron chi connectivity index (χ2n) is 5.69. The Bertz CT molecular complexity index is 252. The van der Waals surface area contributed by atoms with Gasteiger partial charge in [-0.25, -0.2) is 0 Å². The molecule has 0 radical (unpaired) electrons. The zero-order valence-electron chi connectivity index (χ0n) is 8.63. The molecule has 2 saturated carbocycles. The van der Waals surface area contributed by atoms with Crippen LogP contribution in [-0.2, 0) is 4.79 Å². The highest BCUT2D eigenvalue weighted by atomic mass is 16.4. The van der Waals surface area contributed by atoms with Crippen molar-refractivity contribution >= 4 is 5.97 Å². The Kier molecular flexibility index (Phi) is 1.59. The number of rotatable bonds is 1. The van der Waals surface area contributed by atoms with Gasteiger partial charge >= 0.3 is 5.97 Å². The van der Waals surface area contributed by atoms with E-state index in [0.29, 0.717) is 5.92 Å². The van der Waals surface area contributed by atoms with Gasteiger partial charge in [-0.05, 0) is 36.0 Å². The predicted molar refractivity (Wildman–Crippen MR) is 50.4 cm³/mol. The lowest BCUT2D eigenvalue weighted by Gasteiger charge is -2.39. The molecule has 0 amide bonds. The van der Waals surface area contributed by atoms with Crippen LogP contribution in [0.1, 0.15) is 40.0 Å². The fourth-order valence-corrected chi connectivity index (χ4v) is 3.92. The van der Waals surface area contributed by atoms with Gasteiger partial charge in [-0.3, -0.25) is 4.79 Å². The monoisotopic (exact) mass is 182 g/mol. The average Bonchev–Trinajstić information content (AvgIpc) is 2.36. The molecule has 2 aliphatic carbocycles. The molecule has 0 aliphatic heterocycles. The smallest absolute Gasteiger partial charge is 0.307 e. The first-order chi connectivity index (χ1) is 5.88. The van der Waals surface area contributed by atoms with Gasteiger partial charge in [0.05, 0.1) is 5.92 Å². The summed E-state index contributed by atoms with van der Waals surface area (Å²) in [4.78, 5) is 11.2. The van der Waals surface area contributed by atoms with Crippen LogP contribution in [0.5, 0.6) is 0 Å². The van der Waals surface area contributed by atoms with Gasteiger partial charge in [-0.2, -0.15) is 0 Å². The number of fused-ring (bicyclic) bond motifs is 2. The van der Waals surface area contributed by atoms with Gasteiger partial charge in [0.15, 0.2) is 0 Å². The summed E-state index contributed by atoms with van der Waals surface area (Å²) >= 11 is 0. The Hall–Kier alpha value is -0.530. The summed E-state index contributed by atoms with van der Waals surface area (Å²) in [5.41, 5.74) is 0.0961. The first kappa shape index (κ1) is 9.04. The minimum Gasteiger partial charge on any atom is -0.481 e. The van der Waals surface area contributed by atoms with Crippen LogP contribution in [0.25, 0.3) is 0 Å². The summed E-state index contributed by atoms with van der Waals surface area (Å²) < 4.78 is 0. The van der Waals surface area contributed by atoms with E-state index in [0.717, 1.165) is 12.8 Å². The van der Waals surface area contributed by atoms with Gasteiger partial charge in [0.1, 0.15) is 0 Å². The quantitative estimate of drug-likeness (QED) is 0.676. The maximum atomic E-state index is 11.2. The highest BCUT2D eigenvalue weighted by molar-refractivity contribution is 5.73. The highest BCUT2D eigenvalue weighted by Crippen LogP contribution is 2.65. The molecule has 0 aromatic heterocycles. The van der Waals surface area contributed by atoms with Crippen molar-refractivity contribution in [3.8, 4) is 0 Å². The molecule has 0 spiro atoms. The fourth-order valence-electron chi connectivity index (χ4n) is 3.92. The fraction of sp³-hybridized carbons (Fsp3) is 0.909. The molecule has 2 nitrogen and oxygen atoms in total.